The lowest BCUT2D eigenvalue weighted by Crippen LogP contribution is -2.46. The van der Waals surface area contributed by atoms with Crippen LogP contribution in [0.2, 0.25) is 0 Å². The average molecular weight is 551 g/mol. The van der Waals surface area contributed by atoms with Crippen LogP contribution >= 0.6 is 0 Å². The molecule has 2 aliphatic heterocycles. The molecule has 2 fully saturated rings. The molecule has 1 amide bonds. The van der Waals surface area contributed by atoms with E-state index in [-0.39, 0.29) is 16.4 Å². The van der Waals surface area contributed by atoms with Crippen LogP contribution in [0.5, 0.6) is 5.75 Å². The Morgan fingerprint density at radius 3 is 2.00 bits per heavy atom. The topological polar surface area (TPSA) is 116 Å². The SMILES string of the molecule is Cc1cc(S(=O)(=O)N2CCCCC2)ccc1OCC(=O)Nc1ccc(S(=O)(=O)N2CCN(C)CC2)cc1. The molecule has 2 saturated heterocycles. The minimum atomic E-state index is -3.58. The highest BCUT2D eigenvalue weighted by molar-refractivity contribution is 7.89. The van der Waals surface area contributed by atoms with E-state index in [9.17, 15) is 21.6 Å². The minimum Gasteiger partial charge on any atom is -0.483 e. The van der Waals surface area contributed by atoms with Crippen molar-refractivity contribution in [2.75, 3.05) is 58.2 Å². The van der Waals surface area contributed by atoms with Gasteiger partial charge in [-0.2, -0.15) is 8.61 Å². The molecule has 0 bridgehead atoms. The van der Waals surface area contributed by atoms with E-state index in [0.717, 1.165) is 19.3 Å². The number of nitrogens with zero attached hydrogens (tertiary/aromatic N) is 3. The highest BCUT2D eigenvalue weighted by Crippen LogP contribution is 2.26. The summed E-state index contributed by atoms with van der Waals surface area (Å²) in [4.78, 5) is 14.9. The smallest absolute Gasteiger partial charge is 0.262 e. The summed E-state index contributed by atoms with van der Waals surface area (Å²) in [6.45, 7) is 4.78. The first-order chi connectivity index (χ1) is 17.6. The summed E-state index contributed by atoms with van der Waals surface area (Å²) < 4.78 is 60.1. The van der Waals surface area contributed by atoms with Gasteiger partial charge in [0.05, 0.1) is 9.79 Å². The molecule has 37 heavy (non-hydrogen) atoms. The molecular formula is C25H34N4O6S2. The Kier molecular flexibility index (Phi) is 8.54. The quantitative estimate of drug-likeness (QED) is 0.535. The second kappa shape index (κ2) is 11.5. The zero-order valence-corrected chi connectivity index (χ0v) is 22.9. The molecule has 12 heteroatoms. The molecule has 2 heterocycles. The predicted octanol–water partition coefficient (Wildman–Crippen LogP) is 2.12. The van der Waals surface area contributed by atoms with Gasteiger partial charge in [0.2, 0.25) is 20.0 Å². The maximum atomic E-state index is 12.9. The molecule has 1 N–H and O–H groups in total. The molecule has 0 saturated carbocycles. The highest BCUT2D eigenvalue weighted by atomic mass is 32.2. The lowest BCUT2D eigenvalue weighted by atomic mass is 10.2. The molecule has 202 valence electrons. The number of ether oxygens (including phenoxy) is 1. The van der Waals surface area contributed by atoms with Crippen molar-refractivity contribution >= 4 is 31.6 Å². The summed E-state index contributed by atoms with van der Waals surface area (Å²) in [5, 5.41) is 2.69. The maximum absolute atomic E-state index is 12.9. The fourth-order valence-electron chi connectivity index (χ4n) is 4.43. The lowest BCUT2D eigenvalue weighted by molar-refractivity contribution is -0.118. The van der Waals surface area contributed by atoms with E-state index >= 15 is 0 Å². The fraction of sp³-hybridized carbons (Fsp3) is 0.480. The highest BCUT2D eigenvalue weighted by Gasteiger charge is 2.28. The third-order valence-electron chi connectivity index (χ3n) is 6.70. The van der Waals surface area contributed by atoms with Gasteiger partial charge in [-0.1, -0.05) is 6.42 Å². The second-order valence-electron chi connectivity index (χ2n) is 9.46. The van der Waals surface area contributed by atoms with Crippen LogP contribution < -0.4 is 10.1 Å². The van der Waals surface area contributed by atoms with Crippen LogP contribution in [0.15, 0.2) is 52.3 Å². The normalized spacial score (nSPS) is 18.4. The number of amides is 1. The summed E-state index contributed by atoms with van der Waals surface area (Å²) in [6, 6.07) is 10.7. The predicted molar refractivity (Wildman–Crippen MR) is 141 cm³/mol. The molecule has 0 radical (unpaired) electrons. The van der Waals surface area contributed by atoms with Gasteiger partial charge in [0.15, 0.2) is 6.61 Å². The number of piperazine rings is 1. The number of anilines is 1. The van der Waals surface area contributed by atoms with E-state index in [1.54, 1.807) is 31.2 Å². The van der Waals surface area contributed by atoms with Crippen LogP contribution in [0.25, 0.3) is 0 Å². The molecule has 10 nitrogen and oxygen atoms in total. The first-order valence-corrected chi connectivity index (χ1v) is 15.3. The first-order valence-electron chi connectivity index (χ1n) is 12.4. The number of benzene rings is 2. The molecule has 2 aliphatic rings. The average Bonchev–Trinajstić information content (AvgIpc) is 2.89. The van der Waals surface area contributed by atoms with E-state index in [1.807, 2.05) is 7.05 Å². The molecule has 0 aliphatic carbocycles. The number of hydrogen-bond acceptors (Lipinski definition) is 7. The fourth-order valence-corrected chi connectivity index (χ4v) is 7.45. The van der Waals surface area contributed by atoms with Gasteiger partial charge in [-0.05, 0) is 74.8 Å². The number of hydrogen-bond donors (Lipinski definition) is 1. The van der Waals surface area contributed by atoms with Crippen molar-refractivity contribution in [2.24, 2.45) is 0 Å². The molecule has 0 spiro atoms. The molecular weight excluding hydrogens is 516 g/mol. The minimum absolute atomic E-state index is 0.182. The molecule has 0 atom stereocenters. The van der Waals surface area contributed by atoms with E-state index in [4.69, 9.17) is 4.74 Å². The van der Waals surface area contributed by atoms with Crippen LogP contribution in [-0.4, -0.2) is 89.2 Å². The van der Waals surface area contributed by atoms with Gasteiger partial charge >= 0.3 is 0 Å². The Bertz CT molecular complexity index is 1320. The van der Waals surface area contributed by atoms with E-state index in [2.05, 4.69) is 10.2 Å². The monoisotopic (exact) mass is 550 g/mol. The van der Waals surface area contributed by atoms with Crippen LogP contribution in [0.4, 0.5) is 5.69 Å². The van der Waals surface area contributed by atoms with Crippen molar-refractivity contribution in [1.82, 2.24) is 13.5 Å². The van der Waals surface area contributed by atoms with Crippen molar-refractivity contribution in [2.45, 2.75) is 36.0 Å². The molecule has 0 aromatic heterocycles. The molecule has 2 aromatic rings. The summed E-state index contributed by atoms with van der Waals surface area (Å²) in [6.07, 6.45) is 2.77. The Balaban J connectivity index is 1.33. The summed E-state index contributed by atoms with van der Waals surface area (Å²) in [7, 11) is -5.17. The van der Waals surface area contributed by atoms with Crippen LogP contribution in [0.1, 0.15) is 24.8 Å². The van der Waals surface area contributed by atoms with Crippen molar-refractivity contribution in [3.8, 4) is 5.75 Å². The van der Waals surface area contributed by atoms with Gasteiger partial charge in [-0.15, -0.1) is 0 Å². The number of carbonyl (C=O) groups excluding carboxylic acids is 1. The molecule has 4 rings (SSSR count). The number of carbonyl (C=O) groups is 1. The third-order valence-corrected chi connectivity index (χ3v) is 10.5. The van der Waals surface area contributed by atoms with Gasteiger partial charge in [-0.3, -0.25) is 4.79 Å². The van der Waals surface area contributed by atoms with Crippen molar-refractivity contribution in [1.29, 1.82) is 0 Å². The van der Waals surface area contributed by atoms with Crippen LogP contribution in [0.3, 0.4) is 0 Å². The largest absolute Gasteiger partial charge is 0.483 e. The standard InChI is InChI=1S/C25H34N4O6S2/c1-20-18-23(37(33,34)28-12-4-3-5-13-28)10-11-24(20)35-19-25(30)26-21-6-8-22(9-7-21)36(31,32)29-16-14-27(2)15-17-29/h6-11,18H,3-5,12-17,19H2,1-2H3,(H,26,30). The Morgan fingerprint density at radius 2 is 1.38 bits per heavy atom. The van der Waals surface area contributed by atoms with Crippen molar-refractivity contribution in [3.63, 3.8) is 0 Å². The summed E-state index contributed by atoms with van der Waals surface area (Å²) >= 11 is 0. The van der Waals surface area contributed by atoms with Crippen LogP contribution in [0, 0.1) is 6.92 Å². The van der Waals surface area contributed by atoms with E-state index < -0.39 is 26.0 Å². The van der Waals surface area contributed by atoms with E-state index in [1.165, 1.54) is 26.8 Å². The molecule has 0 unspecified atom stereocenters. The van der Waals surface area contributed by atoms with Crippen molar-refractivity contribution in [3.05, 3.63) is 48.0 Å². The first kappa shape index (κ1) is 27.5. The number of rotatable bonds is 8. The maximum Gasteiger partial charge on any atom is 0.262 e. The van der Waals surface area contributed by atoms with Gasteiger partial charge in [0, 0.05) is 45.0 Å². The van der Waals surface area contributed by atoms with Crippen LogP contribution in [-0.2, 0) is 24.8 Å². The van der Waals surface area contributed by atoms with Gasteiger partial charge in [-0.25, -0.2) is 16.8 Å². The second-order valence-corrected chi connectivity index (χ2v) is 13.3. The van der Waals surface area contributed by atoms with E-state index in [0.29, 0.717) is 56.3 Å². The number of nitrogens with one attached hydrogen (secondary N) is 1. The number of sulfonamides is 2. The third kappa shape index (κ3) is 6.50. The van der Waals surface area contributed by atoms with Gasteiger partial charge < -0.3 is 15.0 Å². The van der Waals surface area contributed by atoms with Gasteiger partial charge in [0.25, 0.3) is 5.91 Å². The Morgan fingerprint density at radius 1 is 0.811 bits per heavy atom. The zero-order valence-electron chi connectivity index (χ0n) is 21.2. The summed E-state index contributed by atoms with van der Waals surface area (Å²) in [5.41, 5.74) is 1.06. The molecule has 2 aromatic carbocycles. The number of aryl methyl sites for hydroxylation is 1. The Hall–Kier alpha value is -2.51. The number of likely N-dealkylation sites (N-methyl/N-ethyl adjacent to an activating group) is 1. The Labute approximate surface area is 219 Å². The van der Waals surface area contributed by atoms with Gasteiger partial charge in [0.1, 0.15) is 5.75 Å². The summed E-state index contributed by atoms with van der Waals surface area (Å²) in [5.74, 6) is 0.000418. The lowest BCUT2D eigenvalue weighted by Gasteiger charge is -2.31. The zero-order chi connectivity index (χ0) is 26.6. The number of piperidine rings is 1. The van der Waals surface area contributed by atoms with Crippen molar-refractivity contribution < 1.29 is 26.4 Å².